The predicted molar refractivity (Wildman–Crippen MR) is 153 cm³/mol. The number of amides is 2. The molecular weight excluding hydrogens is 514 g/mol. The van der Waals surface area contributed by atoms with Crippen LogP contribution in [-0.4, -0.2) is 45.0 Å². The maximum Gasteiger partial charge on any atom is 0.271 e. The largest absolute Gasteiger partial charge is 0.496 e. The van der Waals surface area contributed by atoms with E-state index >= 15 is 0 Å². The van der Waals surface area contributed by atoms with E-state index < -0.39 is 5.91 Å². The van der Waals surface area contributed by atoms with Crippen LogP contribution < -0.4 is 34.4 Å². The van der Waals surface area contributed by atoms with Crippen molar-refractivity contribution >= 4 is 23.7 Å². The third-order valence-electron chi connectivity index (χ3n) is 5.42. The second-order valence-corrected chi connectivity index (χ2v) is 8.37. The molecule has 0 radical (unpaired) electrons. The number of ether oxygens (including phenoxy) is 5. The summed E-state index contributed by atoms with van der Waals surface area (Å²) in [7, 11) is 1.58. The van der Waals surface area contributed by atoms with Crippen molar-refractivity contribution in [1.82, 2.24) is 5.43 Å². The first-order chi connectivity index (χ1) is 19.4. The van der Waals surface area contributed by atoms with E-state index in [1.165, 1.54) is 13.1 Å². The summed E-state index contributed by atoms with van der Waals surface area (Å²) in [6.45, 7) is 8.50. The molecule has 0 saturated heterocycles. The number of carbonyl (C=O) groups excluding carboxylic acids is 2. The third-order valence-corrected chi connectivity index (χ3v) is 5.42. The summed E-state index contributed by atoms with van der Waals surface area (Å²) in [4.78, 5) is 24.1. The molecule has 0 saturated carbocycles. The van der Waals surface area contributed by atoms with E-state index in [1.54, 1.807) is 49.6 Å². The average Bonchev–Trinajstić information content (AvgIpc) is 2.94. The molecular formula is C30H35N3O7. The van der Waals surface area contributed by atoms with E-state index in [2.05, 4.69) is 15.8 Å². The zero-order valence-corrected chi connectivity index (χ0v) is 23.4. The van der Waals surface area contributed by atoms with Gasteiger partial charge < -0.3 is 29.0 Å². The Bertz CT molecular complexity index is 1300. The summed E-state index contributed by atoms with van der Waals surface area (Å²) in [5.41, 5.74) is 5.08. The Kier molecular flexibility index (Phi) is 11.2. The maximum absolute atomic E-state index is 12.9. The van der Waals surface area contributed by atoms with Crippen molar-refractivity contribution < 1.29 is 33.3 Å². The van der Waals surface area contributed by atoms with Gasteiger partial charge in [-0.3, -0.25) is 9.59 Å². The van der Waals surface area contributed by atoms with Crippen molar-refractivity contribution in [3.8, 4) is 28.7 Å². The minimum absolute atomic E-state index is 0.141. The smallest absolute Gasteiger partial charge is 0.271 e. The monoisotopic (exact) mass is 549 g/mol. The lowest BCUT2D eigenvalue weighted by Gasteiger charge is -2.16. The van der Waals surface area contributed by atoms with Gasteiger partial charge in [-0.05, 0) is 80.9 Å². The Hall–Kier alpha value is -4.73. The fraction of sp³-hybridized carbons (Fsp3) is 0.300. The van der Waals surface area contributed by atoms with Gasteiger partial charge in [-0.2, -0.15) is 5.10 Å². The Balaban J connectivity index is 1.71. The number of hydrazone groups is 1. The highest BCUT2D eigenvalue weighted by Gasteiger charge is 2.18. The molecule has 0 aromatic heterocycles. The van der Waals surface area contributed by atoms with Gasteiger partial charge in [0, 0.05) is 23.7 Å². The first-order valence-corrected chi connectivity index (χ1v) is 13.0. The number of benzene rings is 3. The van der Waals surface area contributed by atoms with Gasteiger partial charge in [-0.15, -0.1) is 0 Å². The second kappa shape index (κ2) is 15.0. The molecule has 3 aromatic carbocycles. The Morgan fingerprint density at radius 1 is 0.825 bits per heavy atom. The normalized spacial score (nSPS) is 10.6. The summed E-state index contributed by atoms with van der Waals surface area (Å²) in [5.74, 6) is 2.03. The molecule has 10 heteroatoms. The number of carbonyl (C=O) groups is 2. The van der Waals surface area contributed by atoms with Gasteiger partial charge >= 0.3 is 0 Å². The van der Waals surface area contributed by atoms with Crippen LogP contribution in [0.4, 0.5) is 5.69 Å². The molecule has 212 valence electrons. The lowest BCUT2D eigenvalue weighted by atomic mass is 10.1. The standard InChI is InChI=1S/C30H35N3O7/c1-6-37-27-16-22(17-28(38-7-2)29(27)39-8-3)30(35)33-31-18-21-9-14-26(36-5)23(15-21)19-40-25-12-10-24(11-13-25)32-20(4)34/h9-18H,6-8,19H2,1-5H3,(H,32,34)(H,33,35)/b31-18+. The van der Waals surface area contributed by atoms with E-state index in [-0.39, 0.29) is 12.5 Å². The number of anilines is 1. The second-order valence-electron chi connectivity index (χ2n) is 8.37. The molecule has 3 aromatic rings. The zero-order chi connectivity index (χ0) is 28.9. The Morgan fingerprint density at radius 2 is 1.48 bits per heavy atom. The molecule has 3 rings (SSSR count). The van der Waals surface area contributed by atoms with Gasteiger partial charge in [0.2, 0.25) is 11.7 Å². The molecule has 0 aliphatic rings. The molecule has 0 aliphatic carbocycles. The molecule has 10 nitrogen and oxygen atoms in total. The summed E-state index contributed by atoms with van der Waals surface area (Å²) < 4.78 is 28.4. The third kappa shape index (κ3) is 8.39. The number of methoxy groups -OCH3 is 1. The summed E-state index contributed by atoms with van der Waals surface area (Å²) in [6.07, 6.45) is 1.53. The summed E-state index contributed by atoms with van der Waals surface area (Å²) in [6, 6.07) is 15.8. The van der Waals surface area contributed by atoms with Crippen LogP contribution in [0.15, 0.2) is 59.7 Å². The van der Waals surface area contributed by atoms with E-state index in [4.69, 9.17) is 23.7 Å². The first-order valence-electron chi connectivity index (χ1n) is 13.0. The number of hydrogen-bond donors (Lipinski definition) is 2. The van der Waals surface area contributed by atoms with Gasteiger partial charge in [0.15, 0.2) is 11.5 Å². The molecule has 0 spiro atoms. The van der Waals surface area contributed by atoms with Crippen LogP contribution in [0.5, 0.6) is 28.7 Å². The minimum atomic E-state index is -0.430. The quantitative estimate of drug-likeness (QED) is 0.210. The molecule has 0 aliphatic heterocycles. The van der Waals surface area contributed by atoms with Crippen LogP contribution >= 0.6 is 0 Å². The van der Waals surface area contributed by atoms with E-state index in [9.17, 15) is 9.59 Å². The van der Waals surface area contributed by atoms with Gasteiger partial charge in [0.25, 0.3) is 5.91 Å². The summed E-state index contributed by atoms with van der Waals surface area (Å²) in [5, 5.41) is 6.84. The molecule has 2 N–H and O–H groups in total. The van der Waals surface area contributed by atoms with Crippen molar-refractivity contribution in [1.29, 1.82) is 0 Å². The predicted octanol–water partition coefficient (Wildman–Crippen LogP) is 5.19. The maximum atomic E-state index is 12.9. The van der Waals surface area contributed by atoms with Crippen molar-refractivity contribution in [2.45, 2.75) is 34.3 Å². The number of hydrogen-bond acceptors (Lipinski definition) is 8. The molecule has 2 amide bonds. The number of nitrogens with zero attached hydrogens (tertiary/aromatic N) is 1. The van der Waals surface area contributed by atoms with Crippen LogP contribution in [0.3, 0.4) is 0 Å². The van der Waals surface area contributed by atoms with E-state index in [1.807, 2.05) is 32.9 Å². The molecule has 40 heavy (non-hydrogen) atoms. The fourth-order valence-electron chi connectivity index (χ4n) is 3.74. The van der Waals surface area contributed by atoms with Gasteiger partial charge in [-0.25, -0.2) is 5.43 Å². The van der Waals surface area contributed by atoms with Crippen molar-refractivity contribution in [3.05, 3.63) is 71.3 Å². The van der Waals surface area contributed by atoms with Crippen molar-refractivity contribution in [3.63, 3.8) is 0 Å². The Labute approximate surface area is 234 Å². The highest BCUT2D eigenvalue weighted by Crippen LogP contribution is 2.39. The molecule has 0 fully saturated rings. The molecule has 0 unspecified atom stereocenters. The topological polar surface area (TPSA) is 117 Å². The number of nitrogens with one attached hydrogen (secondary N) is 2. The lowest BCUT2D eigenvalue weighted by molar-refractivity contribution is -0.114. The van der Waals surface area contributed by atoms with Crippen molar-refractivity contribution in [2.24, 2.45) is 5.10 Å². The zero-order valence-electron chi connectivity index (χ0n) is 23.4. The van der Waals surface area contributed by atoms with Crippen molar-refractivity contribution in [2.75, 3.05) is 32.2 Å². The molecule has 0 bridgehead atoms. The molecule has 0 heterocycles. The van der Waals surface area contributed by atoms with Gasteiger partial charge in [-0.1, -0.05) is 0 Å². The van der Waals surface area contributed by atoms with Crippen LogP contribution in [0, 0.1) is 0 Å². The fourth-order valence-corrected chi connectivity index (χ4v) is 3.74. The van der Waals surface area contributed by atoms with Crippen LogP contribution in [0.1, 0.15) is 49.2 Å². The number of rotatable bonds is 14. The van der Waals surface area contributed by atoms with E-state index in [0.29, 0.717) is 59.8 Å². The van der Waals surface area contributed by atoms with Crippen LogP contribution in [-0.2, 0) is 11.4 Å². The van der Waals surface area contributed by atoms with Crippen LogP contribution in [0.2, 0.25) is 0 Å². The van der Waals surface area contributed by atoms with Crippen LogP contribution in [0.25, 0.3) is 0 Å². The highest BCUT2D eigenvalue weighted by molar-refractivity contribution is 5.96. The minimum Gasteiger partial charge on any atom is -0.496 e. The highest BCUT2D eigenvalue weighted by atomic mass is 16.5. The SMILES string of the molecule is CCOc1cc(C(=O)N/N=C/c2ccc(OC)c(COc3ccc(NC(C)=O)cc3)c2)cc(OCC)c1OCC. The first kappa shape index (κ1) is 29.8. The Morgan fingerprint density at radius 3 is 2.05 bits per heavy atom. The van der Waals surface area contributed by atoms with Gasteiger partial charge in [0.05, 0.1) is 33.1 Å². The van der Waals surface area contributed by atoms with E-state index in [0.717, 1.165) is 11.1 Å². The average molecular weight is 550 g/mol. The lowest BCUT2D eigenvalue weighted by Crippen LogP contribution is -2.18. The molecule has 0 atom stereocenters. The van der Waals surface area contributed by atoms with Gasteiger partial charge in [0.1, 0.15) is 18.1 Å². The summed E-state index contributed by atoms with van der Waals surface area (Å²) >= 11 is 0.